The largest absolute Gasteiger partial charge is 0.459 e. The highest BCUT2D eigenvalue weighted by Gasteiger charge is 2.25. The SMILES string of the molecule is CCC(CC)OCCC(C)(CC)OC(C)=O. The zero-order valence-electron chi connectivity index (χ0n) is 11.3. The molecule has 0 aliphatic heterocycles. The van der Waals surface area contributed by atoms with E-state index in [1.165, 1.54) is 6.92 Å². The molecule has 16 heavy (non-hydrogen) atoms. The average molecular weight is 230 g/mol. The number of ether oxygens (including phenoxy) is 2. The Bertz CT molecular complexity index is 199. The fourth-order valence-electron chi connectivity index (χ4n) is 1.61. The maximum Gasteiger partial charge on any atom is 0.303 e. The van der Waals surface area contributed by atoms with Crippen LogP contribution in [-0.4, -0.2) is 24.3 Å². The van der Waals surface area contributed by atoms with Crippen molar-refractivity contribution in [3.63, 3.8) is 0 Å². The Kier molecular flexibility index (Phi) is 7.39. The molecule has 0 aromatic carbocycles. The number of hydrogen-bond acceptors (Lipinski definition) is 3. The van der Waals surface area contributed by atoms with Crippen molar-refractivity contribution in [2.45, 2.75) is 72.0 Å². The second-order valence-electron chi connectivity index (χ2n) is 4.46. The zero-order chi connectivity index (χ0) is 12.6. The summed E-state index contributed by atoms with van der Waals surface area (Å²) in [6.45, 7) is 10.4. The van der Waals surface area contributed by atoms with Crippen molar-refractivity contribution in [3.8, 4) is 0 Å². The molecule has 0 aromatic heterocycles. The second kappa shape index (κ2) is 7.66. The van der Waals surface area contributed by atoms with Gasteiger partial charge in [0.1, 0.15) is 5.60 Å². The van der Waals surface area contributed by atoms with Crippen molar-refractivity contribution in [2.75, 3.05) is 6.61 Å². The lowest BCUT2D eigenvalue weighted by molar-refractivity contribution is -0.157. The maximum atomic E-state index is 11.0. The van der Waals surface area contributed by atoms with Crippen molar-refractivity contribution in [1.82, 2.24) is 0 Å². The van der Waals surface area contributed by atoms with Gasteiger partial charge in [-0.15, -0.1) is 0 Å². The lowest BCUT2D eigenvalue weighted by Crippen LogP contribution is -2.32. The van der Waals surface area contributed by atoms with Crippen LogP contribution in [0, 0.1) is 0 Å². The maximum absolute atomic E-state index is 11.0. The molecule has 3 nitrogen and oxygen atoms in total. The fourth-order valence-corrected chi connectivity index (χ4v) is 1.61. The fraction of sp³-hybridized carbons (Fsp3) is 0.923. The summed E-state index contributed by atoms with van der Waals surface area (Å²) in [5, 5.41) is 0. The first kappa shape index (κ1) is 15.4. The molecule has 0 rings (SSSR count). The Morgan fingerprint density at radius 3 is 2.19 bits per heavy atom. The molecule has 1 atom stereocenters. The van der Waals surface area contributed by atoms with Gasteiger partial charge in [-0.25, -0.2) is 0 Å². The molecule has 0 saturated carbocycles. The van der Waals surface area contributed by atoms with Gasteiger partial charge in [-0.3, -0.25) is 4.79 Å². The summed E-state index contributed by atoms with van der Waals surface area (Å²) in [5.74, 6) is -0.216. The van der Waals surface area contributed by atoms with Crippen LogP contribution in [0.3, 0.4) is 0 Å². The third-order valence-corrected chi connectivity index (χ3v) is 3.03. The number of carbonyl (C=O) groups is 1. The van der Waals surface area contributed by atoms with Crippen LogP contribution in [0.4, 0.5) is 0 Å². The van der Waals surface area contributed by atoms with Crippen molar-refractivity contribution in [2.24, 2.45) is 0 Å². The summed E-state index contributed by atoms with van der Waals surface area (Å²) in [7, 11) is 0. The number of carbonyl (C=O) groups excluding carboxylic acids is 1. The van der Waals surface area contributed by atoms with Gasteiger partial charge in [0.05, 0.1) is 12.7 Å². The van der Waals surface area contributed by atoms with E-state index in [-0.39, 0.29) is 11.6 Å². The minimum absolute atomic E-state index is 0.216. The monoisotopic (exact) mass is 230 g/mol. The van der Waals surface area contributed by atoms with Gasteiger partial charge in [-0.1, -0.05) is 20.8 Å². The normalized spacial score (nSPS) is 14.9. The molecule has 0 aliphatic carbocycles. The molecule has 96 valence electrons. The van der Waals surface area contributed by atoms with Gasteiger partial charge >= 0.3 is 5.97 Å². The lowest BCUT2D eigenvalue weighted by atomic mass is 9.99. The van der Waals surface area contributed by atoms with E-state index < -0.39 is 0 Å². The molecule has 0 heterocycles. The highest BCUT2D eigenvalue weighted by molar-refractivity contribution is 5.66. The van der Waals surface area contributed by atoms with Crippen LogP contribution in [0.15, 0.2) is 0 Å². The molecular formula is C13H26O3. The van der Waals surface area contributed by atoms with Crippen molar-refractivity contribution in [3.05, 3.63) is 0 Å². The third kappa shape index (κ3) is 6.11. The first-order valence-corrected chi connectivity index (χ1v) is 6.28. The Morgan fingerprint density at radius 1 is 1.25 bits per heavy atom. The number of rotatable bonds is 8. The zero-order valence-corrected chi connectivity index (χ0v) is 11.3. The van der Waals surface area contributed by atoms with Crippen LogP contribution in [-0.2, 0) is 14.3 Å². The van der Waals surface area contributed by atoms with E-state index >= 15 is 0 Å². The molecule has 0 radical (unpaired) electrons. The van der Waals surface area contributed by atoms with Crippen LogP contribution < -0.4 is 0 Å². The Balaban J connectivity index is 3.99. The van der Waals surface area contributed by atoms with Crippen LogP contribution in [0.1, 0.15) is 60.3 Å². The van der Waals surface area contributed by atoms with Gasteiger partial charge in [0, 0.05) is 13.3 Å². The van der Waals surface area contributed by atoms with Gasteiger partial charge in [-0.2, -0.15) is 0 Å². The summed E-state index contributed by atoms with van der Waals surface area (Å²) >= 11 is 0. The van der Waals surface area contributed by atoms with Crippen molar-refractivity contribution in [1.29, 1.82) is 0 Å². The van der Waals surface area contributed by atoms with Crippen molar-refractivity contribution >= 4 is 5.97 Å². The predicted molar refractivity (Wildman–Crippen MR) is 65.4 cm³/mol. The van der Waals surface area contributed by atoms with E-state index in [2.05, 4.69) is 13.8 Å². The summed E-state index contributed by atoms with van der Waals surface area (Å²) < 4.78 is 11.0. The standard InChI is InChI=1S/C13H26O3/c1-6-12(7-2)15-10-9-13(5,8-3)16-11(4)14/h12H,6-10H2,1-5H3. The molecule has 0 saturated heterocycles. The predicted octanol–water partition coefficient (Wildman–Crippen LogP) is 3.31. The smallest absolute Gasteiger partial charge is 0.303 e. The molecule has 3 heteroatoms. The molecule has 0 fully saturated rings. The van der Waals surface area contributed by atoms with Gasteiger partial charge in [-0.05, 0) is 26.2 Å². The van der Waals surface area contributed by atoms with E-state index in [0.717, 1.165) is 25.7 Å². The van der Waals surface area contributed by atoms with Gasteiger partial charge in [0.2, 0.25) is 0 Å². The van der Waals surface area contributed by atoms with E-state index in [9.17, 15) is 4.79 Å². The topological polar surface area (TPSA) is 35.5 Å². The molecular weight excluding hydrogens is 204 g/mol. The van der Waals surface area contributed by atoms with E-state index in [1.54, 1.807) is 0 Å². The first-order chi connectivity index (χ1) is 7.47. The Labute approximate surface area is 99.5 Å². The van der Waals surface area contributed by atoms with E-state index in [1.807, 2.05) is 13.8 Å². The number of hydrogen-bond donors (Lipinski definition) is 0. The third-order valence-electron chi connectivity index (χ3n) is 3.03. The second-order valence-corrected chi connectivity index (χ2v) is 4.46. The lowest BCUT2D eigenvalue weighted by Gasteiger charge is -2.28. The quantitative estimate of drug-likeness (QED) is 0.600. The van der Waals surface area contributed by atoms with Gasteiger partial charge in [0.25, 0.3) is 0 Å². The molecule has 0 aliphatic rings. The summed E-state index contributed by atoms with van der Waals surface area (Å²) in [6.07, 6.45) is 3.98. The van der Waals surface area contributed by atoms with E-state index in [0.29, 0.717) is 12.7 Å². The number of esters is 1. The van der Waals surface area contributed by atoms with Crippen LogP contribution in [0.25, 0.3) is 0 Å². The van der Waals surface area contributed by atoms with Crippen LogP contribution >= 0.6 is 0 Å². The molecule has 0 spiro atoms. The van der Waals surface area contributed by atoms with Crippen LogP contribution in [0.5, 0.6) is 0 Å². The minimum atomic E-state index is -0.377. The molecule has 0 amide bonds. The van der Waals surface area contributed by atoms with Gasteiger partial charge < -0.3 is 9.47 Å². The summed E-state index contributed by atoms with van der Waals surface area (Å²) in [6, 6.07) is 0. The van der Waals surface area contributed by atoms with Crippen LogP contribution in [0.2, 0.25) is 0 Å². The minimum Gasteiger partial charge on any atom is -0.459 e. The van der Waals surface area contributed by atoms with Crippen molar-refractivity contribution < 1.29 is 14.3 Å². The summed E-state index contributed by atoms with van der Waals surface area (Å²) in [4.78, 5) is 11.0. The Hall–Kier alpha value is -0.570. The molecule has 0 N–H and O–H groups in total. The molecule has 1 unspecified atom stereocenters. The first-order valence-electron chi connectivity index (χ1n) is 6.28. The molecule has 0 aromatic rings. The highest BCUT2D eigenvalue weighted by atomic mass is 16.6. The van der Waals surface area contributed by atoms with E-state index in [4.69, 9.17) is 9.47 Å². The van der Waals surface area contributed by atoms with Gasteiger partial charge in [0.15, 0.2) is 0 Å². The average Bonchev–Trinajstić information content (AvgIpc) is 2.23. The Morgan fingerprint density at radius 2 is 1.81 bits per heavy atom. The summed E-state index contributed by atoms with van der Waals surface area (Å²) in [5.41, 5.74) is -0.377. The molecule has 0 bridgehead atoms. The highest BCUT2D eigenvalue weighted by Crippen LogP contribution is 2.20.